The van der Waals surface area contributed by atoms with E-state index in [4.69, 9.17) is 27.9 Å². The summed E-state index contributed by atoms with van der Waals surface area (Å²) in [5.74, 6) is -0.688. The molecule has 3 aromatic rings. The average Bonchev–Trinajstić information content (AvgIpc) is 3.51. The number of amides is 3. The first-order valence-corrected chi connectivity index (χ1v) is 20.4. The third-order valence-corrected chi connectivity index (χ3v) is 12.5. The number of carbonyl (C=O) groups excluding carboxylic acids is 3. The SMILES string of the molecule is CCOC(=O)CN1CCN(C(=O)NC2(c3ccccc3)CCN(CCCC3(c4ccc(Cl)c(Cl)c4)CC(=O)N(Cc4cc(C(F)(F)F)cc(C(F)(F)F)c4)C3)CC2)CC1. The molecule has 1 atom stereocenters. The third kappa shape index (κ3) is 10.8. The minimum absolute atomic E-state index is 0.0176. The van der Waals surface area contributed by atoms with Crippen molar-refractivity contribution in [2.45, 2.75) is 68.9 Å². The molecule has 3 heterocycles. The van der Waals surface area contributed by atoms with Crippen LogP contribution >= 0.6 is 23.2 Å². The highest BCUT2D eigenvalue weighted by Gasteiger charge is 2.45. The van der Waals surface area contributed by atoms with Crippen molar-refractivity contribution >= 4 is 41.1 Å². The van der Waals surface area contributed by atoms with Gasteiger partial charge in [0.1, 0.15) is 0 Å². The number of rotatable bonds is 12. The molecule has 0 aromatic heterocycles. The number of carbonyl (C=O) groups is 3. The monoisotopic (exact) mass is 869 g/mol. The fourth-order valence-electron chi connectivity index (χ4n) is 8.54. The Morgan fingerprint density at radius 3 is 2.03 bits per heavy atom. The van der Waals surface area contributed by atoms with Gasteiger partial charge in [0, 0.05) is 64.2 Å². The van der Waals surface area contributed by atoms with Gasteiger partial charge in [0.2, 0.25) is 5.91 Å². The quantitative estimate of drug-likeness (QED) is 0.146. The van der Waals surface area contributed by atoms with Crippen LogP contribution in [-0.4, -0.2) is 103 Å². The second-order valence-corrected chi connectivity index (χ2v) is 16.5. The molecule has 59 heavy (non-hydrogen) atoms. The van der Waals surface area contributed by atoms with Gasteiger partial charge in [-0.2, -0.15) is 26.3 Å². The van der Waals surface area contributed by atoms with Gasteiger partial charge in [0.05, 0.1) is 39.9 Å². The summed E-state index contributed by atoms with van der Waals surface area (Å²) in [6.07, 6.45) is -7.69. The molecule has 0 aliphatic carbocycles. The molecule has 3 amide bonds. The van der Waals surface area contributed by atoms with Crippen molar-refractivity contribution in [1.29, 1.82) is 0 Å². The molecule has 9 nitrogen and oxygen atoms in total. The molecule has 3 fully saturated rings. The molecule has 0 spiro atoms. The number of urea groups is 1. The lowest BCUT2D eigenvalue weighted by Crippen LogP contribution is -2.59. The minimum atomic E-state index is -5.01. The summed E-state index contributed by atoms with van der Waals surface area (Å²) in [4.78, 5) is 46.6. The topological polar surface area (TPSA) is 85.4 Å². The maximum absolute atomic E-state index is 13.7. The molecule has 6 rings (SSSR count). The summed E-state index contributed by atoms with van der Waals surface area (Å²) in [6.45, 7) is 5.88. The zero-order valence-corrected chi connectivity index (χ0v) is 34.1. The summed E-state index contributed by atoms with van der Waals surface area (Å²) in [7, 11) is 0. The van der Waals surface area contributed by atoms with Gasteiger partial charge in [-0.05, 0) is 86.2 Å². The van der Waals surface area contributed by atoms with E-state index >= 15 is 0 Å². The Kier molecular flexibility index (Phi) is 13.8. The number of piperidine rings is 1. The Labute approximate surface area is 349 Å². The van der Waals surface area contributed by atoms with Crippen LogP contribution in [0.2, 0.25) is 10.0 Å². The highest BCUT2D eigenvalue weighted by atomic mass is 35.5. The number of halogens is 8. The van der Waals surface area contributed by atoms with Crippen LogP contribution in [0.3, 0.4) is 0 Å². The summed E-state index contributed by atoms with van der Waals surface area (Å²) >= 11 is 12.7. The van der Waals surface area contributed by atoms with E-state index in [0.717, 1.165) is 5.56 Å². The summed E-state index contributed by atoms with van der Waals surface area (Å²) in [5, 5.41) is 3.93. The van der Waals surface area contributed by atoms with Gasteiger partial charge in [-0.3, -0.25) is 14.5 Å². The number of ether oxygens (including phenoxy) is 1. The first-order valence-electron chi connectivity index (χ1n) is 19.6. The molecule has 1 N–H and O–H groups in total. The van der Waals surface area contributed by atoms with Crippen LogP contribution in [0.15, 0.2) is 66.7 Å². The second kappa shape index (κ2) is 18.3. The lowest BCUT2D eigenvalue weighted by atomic mass is 9.75. The van der Waals surface area contributed by atoms with Gasteiger partial charge in [-0.1, -0.05) is 59.6 Å². The van der Waals surface area contributed by atoms with E-state index in [0.29, 0.717) is 101 Å². The number of hydrogen-bond acceptors (Lipinski definition) is 6. The third-order valence-electron chi connectivity index (χ3n) is 11.7. The number of esters is 1. The number of likely N-dealkylation sites (tertiary alicyclic amines) is 2. The molecule has 0 bridgehead atoms. The average molecular weight is 871 g/mol. The summed E-state index contributed by atoms with van der Waals surface area (Å²) < 4.78 is 87.0. The molecule has 3 aromatic carbocycles. The normalized spacial score (nSPS) is 20.5. The summed E-state index contributed by atoms with van der Waals surface area (Å²) in [6, 6.07) is 16.1. The number of hydrogen-bond donors (Lipinski definition) is 1. The molecule has 3 aliphatic heterocycles. The fraction of sp³-hybridized carbons (Fsp3) is 0.500. The van der Waals surface area contributed by atoms with Gasteiger partial charge >= 0.3 is 24.4 Å². The Morgan fingerprint density at radius 2 is 1.44 bits per heavy atom. The maximum atomic E-state index is 13.7. The van der Waals surface area contributed by atoms with Crippen LogP contribution in [0, 0.1) is 0 Å². The van der Waals surface area contributed by atoms with Gasteiger partial charge in [-0.25, -0.2) is 4.79 Å². The van der Waals surface area contributed by atoms with E-state index in [1.54, 1.807) is 30.0 Å². The van der Waals surface area contributed by atoms with Crippen LogP contribution in [-0.2, 0) is 44.2 Å². The van der Waals surface area contributed by atoms with Crippen LogP contribution < -0.4 is 5.32 Å². The molecule has 0 saturated carbocycles. The van der Waals surface area contributed by atoms with E-state index in [1.165, 1.54) is 4.90 Å². The fourth-order valence-corrected chi connectivity index (χ4v) is 8.84. The van der Waals surface area contributed by atoms with Gasteiger partial charge in [0.25, 0.3) is 0 Å². The van der Waals surface area contributed by atoms with Crippen molar-refractivity contribution in [3.63, 3.8) is 0 Å². The molecule has 3 aliphatic rings. The number of nitrogens with one attached hydrogen (secondary N) is 1. The van der Waals surface area contributed by atoms with Crippen molar-refractivity contribution in [3.8, 4) is 0 Å². The van der Waals surface area contributed by atoms with Gasteiger partial charge < -0.3 is 24.8 Å². The minimum Gasteiger partial charge on any atom is -0.465 e. The largest absolute Gasteiger partial charge is 0.465 e. The van der Waals surface area contributed by atoms with Crippen molar-refractivity contribution in [1.82, 2.24) is 24.9 Å². The van der Waals surface area contributed by atoms with Crippen LogP contribution in [0.5, 0.6) is 0 Å². The predicted octanol–water partition coefficient (Wildman–Crippen LogP) is 8.36. The zero-order valence-electron chi connectivity index (χ0n) is 32.6. The first kappa shape index (κ1) is 44.5. The van der Waals surface area contributed by atoms with Crippen molar-refractivity contribution in [2.24, 2.45) is 0 Å². The molecule has 1 unspecified atom stereocenters. The Hall–Kier alpha value is -4.05. The van der Waals surface area contributed by atoms with Crippen LogP contribution in [0.25, 0.3) is 0 Å². The smallest absolute Gasteiger partial charge is 0.416 e. The van der Waals surface area contributed by atoms with Crippen molar-refractivity contribution in [3.05, 3.63) is 105 Å². The number of nitrogens with zero attached hydrogens (tertiary/aromatic N) is 4. The van der Waals surface area contributed by atoms with Crippen LogP contribution in [0.1, 0.15) is 66.8 Å². The Balaban J connectivity index is 1.12. The molecule has 0 radical (unpaired) electrons. The van der Waals surface area contributed by atoms with E-state index in [2.05, 4.69) is 10.2 Å². The zero-order chi connectivity index (χ0) is 42.6. The Bertz CT molecular complexity index is 1940. The molecular formula is C42H47Cl2F6N5O4. The van der Waals surface area contributed by atoms with E-state index in [9.17, 15) is 40.7 Å². The molecule has 3 saturated heterocycles. The second-order valence-electron chi connectivity index (χ2n) is 15.6. The van der Waals surface area contributed by atoms with E-state index in [-0.39, 0.29) is 48.2 Å². The molecule has 17 heteroatoms. The van der Waals surface area contributed by atoms with Crippen LogP contribution in [0.4, 0.5) is 31.1 Å². The van der Waals surface area contributed by atoms with E-state index in [1.807, 2.05) is 35.2 Å². The molecular weight excluding hydrogens is 823 g/mol. The summed E-state index contributed by atoms with van der Waals surface area (Å²) in [5.41, 5.74) is -2.90. The molecule has 320 valence electrons. The number of piperazine rings is 1. The highest BCUT2D eigenvalue weighted by molar-refractivity contribution is 6.42. The lowest BCUT2D eigenvalue weighted by molar-refractivity contribution is -0.145. The lowest BCUT2D eigenvalue weighted by Gasteiger charge is -2.44. The number of benzene rings is 3. The highest BCUT2D eigenvalue weighted by Crippen LogP contribution is 2.43. The van der Waals surface area contributed by atoms with Crippen molar-refractivity contribution < 1.29 is 45.5 Å². The maximum Gasteiger partial charge on any atom is 0.416 e. The predicted molar refractivity (Wildman–Crippen MR) is 211 cm³/mol. The van der Waals surface area contributed by atoms with Gasteiger partial charge in [0.15, 0.2) is 0 Å². The van der Waals surface area contributed by atoms with E-state index < -0.39 is 46.9 Å². The first-order chi connectivity index (χ1) is 27.9. The standard InChI is InChI=1S/C42H47Cl2F6N5O4/c1-2-59-37(57)27-53-17-19-54(20-18-53)38(58)51-40(30-7-4-3-5-8-30)12-15-52(16-13-40)14-6-11-39(31-9-10-34(43)35(44)24-31)25-36(56)55(28-39)26-29-21-32(41(45,46)47)23-33(22-29)42(48,49)50/h3-5,7-10,21-24H,2,6,11-20,25-28H2,1H3,(H,51,58). The van der Waals surface area contributed by atoms with Crippen molar-refractivity contribution in [2.75, 3.05) is 65.5 Å². The Morgan fingerprint density at radius 1 is 0.797 bits per heavy atom. The number of alkyl halides is 6. The van der Waals surface area contributed by atoms with Gasteiger partial charge in [-0.15, -0.1) is 0 Å².